The molecular weight excluding hydrogens is 282 g/mol. The van der Waals surface area contributed by atoms with E-state index < -0.39 is 10.8 Å². The molecule has 2 aromatic rings. The second-order valence-corrected chi connectivity index (χ2v) is 6.15. The fourth-order valence-electron chi connectivity index (χ4n) is 1.75. The van der Waals surface area contributed by atoms with Gasteiger partial charge >= 0.3 is 0 Å². The Balaban J connectivity index is 1.91. The number of nitrogens with one attached hydrogen (secondary N) is 1. The van der Waals surface area contributed by atoms with Crippen molar-refractivity contribution in [3.63, 3.8) is 0 Å². The molecular formula is C14H16ClNO2S. The molecule has 0 spiro atoms. The van der Waals surface area contributed by atoms with Crippen molar-refractivity contribution in [2.75, 3.05) is 7.05 Å². The predicted octanol–water partition coefficient (Wildman–Crippen LogP) is 3.10. The van der Waals surface area contributed by atoms with Crippen molar-refractivity contribution in [1.29, 1.82) is 0 Å². The first-order chi connectivity index (χ1) is 9.17. The highest BCUT2D eigenvalue weighted by Gasteiger charge is 2.07. The largest absolute Gasteiger partial charge is 0.464 e. The molecule has 1 atom stereocenters. The normalized spacial score (nSPS) is 12.5. The Morgan fingerprint density at radius 2 is 1.79 bits per heavy atom. The Morgan fingerprint density at radius 3 is 2.47 bits per heavy atom. The summed E-state index contributed by atoms with van der Waals surface area (Å²) in [6.45, 7) is 0.684. The van der Waals surface area contributed by atoms with Gasteiger partial charge in [0.2, 0.25) is 0 Å². The molecule has 1 heterocycles. The van der Waals surface area contributed by atoms with Gasteiger partial charge in [0.1, 0.15) is 11.5 Å². The summed E-state index contributed by atoms with van der Waals surface area (Å²) in [5.74, 6) is 2.57. The molecule has 0 aliphatic heterocycles. The van der Waals surface area contributed by atoms with E-state index in [0.717, 1.165) is 17.1 Å². The molecule has 1 N–H and O–H groups in total. The first kappa shape index (κ1) is 14.3. The third-order valence-electron chi connectivity index (χ3n) is 2.61. The number of halogens is 1. The van der Waals surface area contributed by atoms with Gasteiger partial charge in [-0.2, -0.15) is 0 Å². The zero-order valence-corrected chi connectivity index (χ0v) is 12.3. The van der Waals surface area contributed by atoms with Gasteiger partial charge in [0.25, 0.3) is 0 Å². The number of hydrogen-bond acceptors (Lipinski definition) is 3. The predicted molar refractivity (Wildman–Crippen MR) is 78.5 cm³/mol. The topological polar surface area (TPSA) is 42.2 Å². The molecule has 0 amide bonds. The fourth-order valence-corrected chi connectivity index (χ4v) is 3.01. The lowest BCUT2D eigenvalue weighted by molar-refractivity contribution is 0.467. The molecule has 3 nitrogen and oxygen atoms in total. The van der Waals surface area contributed by atoms with Crippen LogP contribution in [-0.4, -0.2) is 11.3 Å². The van der Waals surface area contributed by atoms with Gasteiger partial charge in [-0.1, -0.05) is 23.7 Å². The molecule has 0 bridgehead atoms. The van der Waals surface area contributed by atoms with Crippen LogP contribution >= 0.6 is 11.6 Å². The SMILES string of the molecule is CNCc1ccc(CS(=O)Cc2ccc(Cl)cc2)o1. The quantitative estimate of drug-likeness (QED) is 0.891. The molecule has 0 radical (unpaired) electrons. The van der Waals surface area contributed by atoms with Crippen molar-refractivity contribution >= 4 is 22.4 Å². The van der Waals surface area contributed by atoms with Crippen LogP contribution < -0.4 is 5.32 Å². The molecule has 0 fully saturated rings. The van der Waals surface area contributed by atoms with Crippen LogP contribution in [0.5, 0.6) is 0 Å². The lowest BCUT2D eigenvalue weighted by atomic mass is 10.2. The molecule has 5 heteroatoms. The van der Waals surface area contributed by atoms with Crippen molar-refractivity contribution in [1.82, 2.24) is 5.32 Å². The van der Waals surface area contributed by atoms with Gasteiger partial charge in [-0.25, -0.2) is 0 Å². The van der Waals surface area contributed by atoms with E-state index in [4.69, 9.17) is 16.0 Å². The lowest BCUT2D eigenvalue weighted by Gasteiger charge is -2.01. The van der Waals surface area contributed by atoms with Gasteiger partial charge in [-0.05, 0) is 36.9 Å². The molecule has 0 saturated carbocycles. The summed E-state index contributed by atoms with van der Waals surface area (Å²) in [4.78, 5) is 0. The number of rotatable bonds is 6. The average Bonchev–Trinajstić information content (AvgIpc) is 2.80. The van der Waals surface area contributed by atoms with Gasteiger partial charge in [0.15, 0.2) is 0 Å². The zero-order chi connectivity index (χ0) is 13.7. The minimum atomic E-state index is -0.976. The van der Waals surface area contributed by atoms with Crippen LogP contribution in [0.1, 0.15) is 17.1 Å². The maximum absolute atomic E-state index is 12.0. The summed E-state index contributed by atoms with van der Waals surface area (Å²) in [5.41, 5.74) is 1.02. The van der Waals surface area contributed by atoms with Crippen LogP contribution in [-0.2, 0) is 28.9 Å². The van der Waals surface area contributed by atoms with Gasteiger partial charge < -0.3 is 9.73 Å². The Labute approximate surface area is 120 Å². The van der Waals surface area contributed by atoms with Crippen molar-refractivity contribution in [2.45, 2.75) is 18.1 Å². The first-order valence-electron chi connectivity index (χ1n) is 5.99. The standard InChI is InChI=1S/C14H16ClNO2S/c1-16-8-13-6-7-14(18-13)10-19(17)9-11-2-4-12(15)5-3-11/h2-7,16H,8-10H2,1H3. The van der Waals surface area contributed by atoms with Crippen molar-refractivity contribution in [2.24, 2.45) is 0 Å². The molecule has 102 valence electrons. The van der Waals surface area contributed by atoms with E-state index in [2.05, 4.69) is 5.32 Å². The third kappa shape index (κ3) is 4.49. The van der Waals surface area contributed by atoms with Crippen LogP contribution in [0.2, 0.25) is 5.02 Å². The molecule has 2 rings (SSSR count). The Bertz CT molecular complexity index is 551. The van der Waals surface area contributed by atoms with Crippen LogP contribution in [0.3, 0.4) is 0 Å². The minimum absolute atomic E-state index is 0.437. The van der Waals surface area contributed by atoms with E-state index in [0.29, 0.717) is 23.1 Å². The lowest BCUT2D eigenvalue weighted by Crippen LogP contribution is -2.03. The second-order valence-electron chi connectivity index (χ2n) is 4.25. The van der Waals surface area contributed by atoms with Crippen molar-refractivity contribution < 1.29 is 8.63 Å². The van der Waals surface area contributed by atoms with Gasteiger partial charge in [0, 0.05) is 21.6 Å². The molecule has 1 aromatic heterocycles. The Kier molecular flexibility index (Phi) is 5.19. The van der Waals surface area contributed by atoms with Crippen LogP contribution in [0.4, 0.5) is 0 Å². The van der Waals surface area contributed by atoms with E-state index in [9.17, 15) is 4.21 Å². The van der Waals surface area contributed by atoms with E-state index >= 15 is 0 Å². The van der Waals surface area contributed by atoms with E-state index in [1.165, 1.54) is 0 Å². The molecule has 19 heavy (non-hydrogen) atoms. The molecule has 0 saturated heterocycles. The summed E-state index contributed by atoms with van der Waals surface area (Å²) in [7, 11) is 0.886. The van der Waals surface area contributed by atoms with Crippen LogP contribution in [0.15, 0.2) is 40.8 Å². The number of furan rings is 1. The second kappa shape index (κ2) is 6.89. The molecule has 0 aliphatic rings. The highest BCUT2D eigenvalue weighted by Crippen LogP contribution is 2.14. The Hall–Kier alpha value is -1.10. The fraction of sp³-hybridized carbons (Fsp3) is 0.286. The summed E-state index contributed by atoms with van der Waals surface area (Å²) in [6, 6.07) is 11.2. The van der Waals surface area contributed by atoms with E-state index in [-0.39, 0.29) is 0 Å². The van der Waals surface area contributed by atoms with E-state index in [1.807, 2.05) is 43.4 Å². The number of benzene rings is 1. The smallest absolute Gasteiger partial charge is 0.117 e. The molecule has 0 aliphatic carbocycles. The number of hydrogen-bond donors (Lipinski definition) is 1. The maximum atomic E-state index is 12.0. The van der Waals surface area contributed by atoms with Crippen molar-refractivity contribution in [3.05, 3.63) is 58.5 Å². The summed E-state index contributed by atoms with van der Waals surface area (Å²) in [6.07, 6.45) is 0. The van der Waals surface area contributed by atoms with Gasteiger partial charge in [-0.15, -0.1) is 0 Å². The Morgan fingerprint density at radius 1 is 1.11 bits per heavy atom. The third-order valence-corrected chi connectivity index (χ3v) is 4.13. The average molecular weight is 298 g/mol. The maximum Gasteiger partial charge on any atom is 0.117 e. The first-order valence-corrected chi connectivity index (χ1v) is 7.85. The van der Waals surface area contributed by atoms with Crippen LogP contribution in [0.25, 0.3) is 0 Å². The van der Waals surface area contributed by atoms with Crippen molar-refractivity contribution in [3.8, 4) is 0 Å². The highest BCUT2D eigenvalue weighted by atomic mass is 35.5. The highest BCUT2D eigenvalue weighted by molar-refractivity contribution is 7.83. The van der Waals surface area contributed by atoms with E-state index in [1.54, 1.807) is 0 Å². The van der Waals surface area contributed by atoms with Crippen LogP contribution in [0, 0.1) is 0 Å². The molecule has 1 unspecified atom stereocenters. The summed E-state index contributed by atoms with van der Waals surface area (Å²) in [5, 5.41) is 3.71. The zero-order valence-electron chi connectivity index (χ0n) is 10.7. The summed E-state index contributed by atoms with van der Waals surface area (Å²) >= 11 is 5.81. The monoisotopic (exact) mass is 297 g/mol. The molecule has 1 aromatic carbocycles. The van der Waals surface area contributed by atoms with Gasteiger partial charge in [-0.3, -0.25) is 4.21 Å². The summed E-state index contributed by atoms with van der Waals surface area (Å²) < 4.78 is 17.6. The minimum Gasteiger partial charge on any atom is -0.464 e. The van der Waals surface area contributed by atoms with Gasteiger partial charge in [0.05, 0.1) is 12.3 Å².